The Morgan fingerprint density at radius 3 is 1.15 bits per heavy atom. The van der Waals surface area contributed by atoms with Crippen molar-refractivity contribution in [2.75, 3.05) is 10.2 Å². The first-order valence-electron chi connectivity index (χ1n) is 32.6. The molecule has 16 aromatic rings. The van der Waals surface area contributed by atoms with Crippen molar-refractivity contribution in [3.8, 4) is 66.8 Å². The summed E-state index contributed by atoms with van der Waals surface area (Å²) in [6, 6.07) is 118. The van der Waals surface area contributed by atoms with Gasteiger partial charge in [0.25, 0.3) is 0 Å². The van der Waals surface area contributed by atoms with Crippen LogP contribution in [0.4, 0.5) is 28.4 Å². The van der Waals surface area contributed by atoms with E-state index in [1.807, 2.05) is 28.7 Å². The molecule has 0 spiro atoms. The third-order valence-electron chi connectivity index (χ3n) is 19.3. The fraction of sp³-hybridized carbons (Fsp3) is 0.0667. The summed E-state index contributed by atoms with van der Waals surface area (Å²) in [6.07, 6.45) is 0. The highest BCUT2D eigenvalue weighted by Crippen LogP contribution is 2.52. The number of nitrogens with zero attached hydrogens (tertiary/aromatic N) is 1. The number of rotatable bonds is 9. The molecule has 14 aromatic carbocycles. The Kier molecular flexibility index (Phi) is 15.6. The van der Waals surface area contributed by atoms with Gasteiger partial charge in [0.2, 0.25) is 0 Å². The van der Waals surface area contributed by atoms with Gasteiger partial charge in [0.05, 0.1) is 0 Å². The maximum absolute atomic E-state index is 3.58. The van der Waals surface area contributed by atoms with Gasteiger partial charge in [0, 0.05) is 84.1 Å². The van der Waals surface area contributed by atoms with Crippen molar-refractivity contribution >= 4 is 107 Å². The zero-order chi connectivity index (χ0) is 64.2. The highest BCUT2D eigenvalue weighted by Gasteiger charge is 2.37. The number of nitrogens with one attached hydrogen (secondary N) is 1. The molecule has 0 bridgehead atoms. The van der Waals surface area contributed by atoms with Gasteiger partial charge in [-0.3, -0.25) is 0 Å². The second kappa shape index (κ2) is 24.8. The molecule has 0 saturated carbocycles. The highest BCUT2D eigenvalue weighted by atomic mass is 79.9. The van der Waals surface area contributed by atoms with Crippen LogP contribution in [0.15, 0.2) is 332 Å². The van der Waals surface area contributed by atoms with E-state index in [4.69, 9.17) is 0 Å². The monoisotopic (exact) mass is 1320 g/mol. The SMILES string of the molecule is Brc1ccc(-c2cccc3c2sc2ccccc23)cc1.CC1(C)c2ccccc2-c2ccc(N(c3ccc(-c4ccccc4)cc3)c3ccc(-c4cccc5c4sc4ccccc45)cc3)cc21.CC1(C)c2ccccc2-c2ccc(Nc3ccc(-c4ccccc4)cc3)cc21. The van der Waals surface area contributed by atoms with E-state index in [2.05, 4.69) is 375 Å². The van der Waals surface area contributed by atoms with Crippen LogP contribution >= 0.6 is 38.6 Å². The van der Waals surface area contributed by atoms with Gasteiger partial charge in [-0.1, -0.05) is 286 Å². The summed E-state index contributed by atoms with van der Waals surface area (Å²) < 4.78 is 6.52. The molecule has 0 unspecified atom stereocenters. The molecule has 0 amide bonds. The number of thiophene rings is 2. The highest BCUT2D eigenvalue weighted by molar-refractivity contribution is 9.10. The van der Waals surface area contributed by atoms with E-state index in [0.29, 0.717) is 0 Å². The standard InChI is InChI=1S/C45H33NS.C27H23N.C18H11BrS/c1-45(2)41-17-8-6-13-37(41)38-28-27-35(29-42(38)45)46(33-23-19-31(20-24-33)30-11-4-3-5-12-30)34-25-21-32(22-26-34)36-15-10-16-40-39-14-7-9-18-43(39)47-44(36)40;1-27(2)25-11-7-6-10-23(25)24-17-16-22(18-26(24)27)28-21-14-12-20(13-15-21)19-8-4-3-5-9-19;19-13-10-8-12(9-11-13)14-5-3-6-16-15-4-1-2-7-17(15)20-18(14)16/h3-29H,1-2H3;3-18,28H,1-2H3;1-11H. The molecule has 2 aliphatic carbocycles. The number of halogens is 1. The molecule has 2 heterocycles. The Morgan fingerprint density at radius 1 is 0.274 bits per heavy atom. The van der Waals surface area contributed by atoms with Gasteiger partial charge in [0.1, 0.15) is 0 Å². The zero-order valence-electron chi connectivity index (χ0n) is 53.3. The first-order chi connectivity index (χ1) is 46.5. The quantitative estimate of drug-likeness (QED) is 0.155. The first-order valence-corrected chi connectivity index (χ1v) is 35.0. The average molecular weight is 1320 g/mol. The smallest absolute Gasteiger partial charge is 0.0465 e. The Morgan fingerprint density at radius 2 is 0.632 bits per heavy atom. The molecular weight excluding hydrogens is 1250 g/mol. The lowest BCUT2D eigenvalue weighted by atomic mass is 9.82. The molecule has 2 nitrogen and oxygen atoms in total. The number of hydrogen-bond donors (Lipinski definition) is 1. The minimum absolute atomic E-state index is 0.0286. The Balaban J connectivity index is 0.000000125. The molecular formula is C90H67BrN2S2. The molecule has 0 aliphatic heterocycles. The zero-order valence-corrected chi connectivity index (χ0v) is 56.5. The van der Waals surface area contributed by atoms with Crippen molar-refractivity contribution in [3.05, 3.63) is 354 Å². The van der Waals surface area contributed by atoms with E-state index in [-0.39, 0.29) is 10.8 Å². The van der Waals surface area contributed by atoms with E-state index in [0.717, 1.165) is 32.9 Å². The molecule has 2 aliphatic rings. The van der Waals surface area contributed by atoms with E-state index in [9.17, 15) is 0 Å². The van der Waals surface area contributed by atoms with Crippen molar-refractivity contribution < 1.29 is 0 Å². The maximum atomic E-state index is 3.58. The molecule has 1 N–H and O–H groups in total. The largest absolute Gasteiger partial charge is 0.356 e. The van der Waals surface area contributed by atoms with Gasteiger partial charge >= 0.3 is 0 Å². The Bertz CT molecular complexity index is 5490. The number of benzene rings is 14. The van der Waals surface area contributed by atoms with Gasteiger partial charge in [0.15, 0.2) is 0 Å². The van der Waals surface area contributed by atoms with Crippen LogP contribution in [0.25, 0.3) is 107 Å². The van der Waals surface area contributed by atoms with E-state index < -0.39 is 0 Å². The second-order valence-electron chi connectivity index (χ2n) is 25.8. The summed E-state index contributed by atoms with van der Waals surface area (Å²) in [4.78, 5) is 2.40. The van der Waals surface area contributed by atoms with Crippen LogP contribution in [0.1, 0.15) is 49.9 Å². The van der Waals surface area contributed by atoms with Crippen molar-refractivity contribution in [2.45, 2.75) is 38.5 Å². The van der Waals surface area contributed by atoms with Crippen LogP contribution in [0, 0.1) is 0 Å². The van der Waals surface area contributed by atoms with Crippen molar-refractivity contribution in [1.82, 2.24) is 0 Å². The van der Waals surface area contributed by atoms with Crippen molar-refractivity contribution in [3.63, 3.8) is 0 Å². The molecule has 18 rings (SSSR count). The lowest BCUT2D eigenvalue weighted by Crippen LogP contribution is -2.16. The third kappa shape index (κ3) is 11.1. The second-order valence-corrected chi connectivity index (χ2v) is 28.8. The number of anilines is 5. The third-order valence-corrected chi connectivity index (χ3v) is 22.3. The fourth-order valence-electron chi connectivity index (χ4n) is 14.4. The Labute approximate surface area is 572 Å². The predicted molar refractivity (Wildman–Crippen MR) is 414 cm³/mol. The van der Waals surface area contributed by atoms with E-state index >= 15 is 0 Å². The number of hydrogen-bond acceptors (Lipinski definition) is 4. The van der Waals surface area contributed by atoms with E-state index in [1.54, 1.807) is 0 Å². The average Bonchev–Trinajstić information content (AvgIpc) is 1.60. The summed E-state index contributed by atoms with van der Waals surface area (Å²) >= 11 is 7.26. The first kappa shape index (κ1) is 59.6. The lowest BCUT2D eigenvalue weighted by Gasteiger charge is -2.28. The summed E-state index contributed by atoms with van der Waals surface area (Å²) in [5, 5.41) is 8.94. The van der Waals surface area contributed by atoms with Crippen LogP contribution < -0.4 is 10.2 Å². The minimum Gasteiger partial charge on any atom is -0.356 e. The lowest BCUT2D eigenvalue weighted by molar-refractivity contribution is 0.660. The summed E-state index contributed by atoms with van der Waals surface area (Å²) in [7, 11) is 0. The summed E-state index contributed by atoms with van der Waals surface area (Å²) in [6.45, 7) is 9.33. The molecule has 5 heteroatoms. The molecule has 95 heavy (non-hydrogen) atoms. The van der Waals surface area contributed by atoms with Gasteiger partial charge in [-0.15, -0.1) is 22.7 Å². The normalized spacial score (nSPS) is 12.9. The van der Waals surface area contributed by atoms with E-state index in [1.165, 1.54) is 129 Å². The summed E-state index contributed by atoms with van der Waals surface area (Å²) in [5.41, 5.74) is 26.6. The van der Waals surface area contributed by atoms with Crippen molar-refractivity contribution in [2.24, 2.45) is 0 Å². The van der Waals surface area contributed by atoms with Gasteiger partial charge < -0.3 is 10.2 Å². The van der Waals surface area contributed by atoms with Gasteiger partial charge in [-0.05, 0) is 174 Å². The molecule has 0 atom stereocenters. The van der Waals surface area contributed by atoms with Crippen LogP contribution in [0.5, 0.6) is 0 Å². The Hall–Kier alpha value is -10.4. The van der Waals surface area contributed by atoms with Crippen molar-refractivity contribution in [1.29, 1.82) is 0 Å². The van der Waals surface area contributed by atoms with Crippen LogP contribution in [-0.2, 0) is 10.8 Å². The molecule has 0 fully saturated rings. The topological polar surface area (TPSA) is 15.3 Å². The van der Waals surface area contributed by atoms with Crippen LogP contribution in [0.2, 0.25) is 0 Å². The maximum Gasteiger partial charge on any atom is 0.0465 e. The van der Waals surface area contributed by atoms with Gasteiger partial charge in [-0.2, -0.15) is 0 Å². The predicted octanol–water partition coefficient (Wildman–Crippen LogP) is 27.1. The molecule has 456 valence electrons. The summed E-state index contributed by atoms with van der Waals surface area (Å²) in [5.74, 6) is 0. The molecule has 2 aromatic heterocycles. The van der Waals surface area contributed by atoms with Gasteiger partial charge in [-0.25, -0.2) is 0 Å². The molecule has 0 radical (unpaired) electrons. The van der Waals surface area contributed by atoms with Crippen LogP contribution in [-0.4, -0.2) is 0 Å². The fourth-order valence-corrected chi connectivity index (χ4v) is 17.1. The van der Waals surface area contributed by atoms with Crippen LogP contribution in [0.3, 0.4) is 0 Å². The molecule has 0 saturated heterocycles. The number of fused-ring (bicyclic) bond motifs is 12. The minimum atomic E-state index is -0.0719.